The number of hydrogen-bond acceptors (Lipinski definition) is 2. The molecule has 0 heterocycles. The lowest BCUT2D eigenvalue weighted by atomic mass is 9.96. The summed E-state index contributed by atoms with van der Waals surface area (Å²) < 4.78 is 0. The highest BCUT2D eigenvalue weighted by Crippen LogP contribution is 2.22. The molecular formula is C12H15ClO3. The van der Waals surface area contributed by atoms with Crippen molar-refractivity contribution >= 4 is 17.6 Å². The second-order valence-electron chi connectivity index (χ2n) is 3.66. The van der Waals surface area contributed by atoms with E-state index in [0.29, 0.717) is 11.4 Å². The number of aliphatic hydroxyl groups is 1. The van der Waals surface area contributed by atoms with Crippen molar-refractivity contribution in [3.05, 3.63) is 34.9 Å². The molecule has 88 valence electrons. The van der Waals surface area contributed by atoms with Crippen LogP contribution < -0.4 is 0 Å². The average molecular weight is 243 g/mol. The molecule has 0 fully saturated rings. The summed E-state index contributed by atoms with van der Waals surface area (Å²) >= 11 is 5.61. The summed E-state index contributed by atoms with van der Waals surface area (Å²) in [7, 11) is 0. The maximum absolute atomic E-state index is 10.7. The van der Waals surface area contributed by atoms with Gasteiger partial charge in [-0.05, 0) is 36.5 Å². The van der Waals surface area contributed by atoms with E-state index in [2.05, 4.69) is 0 Å². The molecule has 0 amide bonds. The number of benzene rings is 1. The van der Waals surface area contributed by atoms with E-state index in [9.17, 15) is 9.90 Å². The van der Waals surface area contributed by atoms with Gasteiger partial charge in [0.1, 0.15) is 0 Å². The molecule has 16 heavy (non-hydrogen) atoms. The number of carbonyl (C=O) groups is 1. The lowest BCUT2D eigenvalue weighted by Crippen LogP contribution is -2.12. The Morgan fingerprint density at radius 1 is 1.50 bits per heavy atom. The molecule has 3 nitrogen and oxygen atoms in total. The molecule has 1 unspecified atom stereocenters. The molecule has 0 aliphatic heterocycles. The monoisotopic (exact) mass is 242 g/mol. The molecule has 0 spiro atoms. The van der Waals surface area contributed by atoms with Crippen molar-refractivity contribution in [1.29, 1.82) is 0 Å². The van der Waals surface area contributed by atoms with Gasteiger partial charge in [0.15, 0.2) is 6.10 Å². The predicted molar refractivity (Wildman–Crippen MR) is 62.8 cm³/mol. The first-order valence-electron chi connectivity index (χ1n) is 5.13. The van der Waals surface area contributed by atoms with Gasteiger partial charge in [-0.15, -0.1) is 11.6 Å². The lowest BCUT2D eigenvalue weighted by molar-refractivity contribution is -0.147. The van der Waals surface area contributed by atoms with E-state index in [1.165, 1.54) is 0 Å². The van der Waals surface area contributed by atoms with Crippen LogP contribution in [0.3, 0.4) is 0 Å². The van der Waals surface area contributed by atoms with Gasteiger partial charge in [-0.3, -0.25) is 0 Å². The fourth-order valence-corrected chi connectivity index (χ4v) is 1.79. The highest BCUT2D eigenvalue weighted by atomic mass is 35.5. The average Bonchev–Trinajstić information content (AvgIpc) is 2.26. The van der Waals surface area contributed by atoms with E-state index in [1.807, 2.05) is 13.0 Å². The van der Waals surface area contributed by atoms with Crippen LogP contribution in [0, 0.1) is 6.92 Å². The Kier molecular flexibility index (Phi) is 4.77. The third-order valence-electron chi connectivity index (χ3n) is 2.60. The van der Waals surface area contributed by atoms with Crippen molar-refractivity contribution in [1.82, 2.24) is 0 Å². The molecule has 4 heteroatoms. The molecule has 1 aromatic rings. The van der Waals surface area contributed by atoms with Gasteiger partial charge in [0.05, 0.1) is 0 Å². The maximum Gasteiger partial charge on any atom is 0.337 e. The van der Waals surface area contributed by atoms with Crippen LogP contribution in [0.4, 0.5) is 0 Å². The van der Waals surface area contributed by atoms with Gasteiger partial charge in [0.2, 0.25) is 0 Å². The van der Waals surface area contributed by atoms with Crippen LogP contribution in [-0.4, -0.2) is 22.1 Å². The van der Waals surface area contributed by atoms with Crippen molar-refractivity contribution in [2.75, 3.05) is 5.88 Å². The van der Waals surface area contributed by atoms with Crippen molar-refractivity contribution in [3.63, 3.8) is 0 Å². The third kappa shape index (κ3) is 2.97. The highest BCUT2D eigenvalue weighted by molar-refractivity contribution is 6.17. The summed E-state index contributed by atoms with van der Waals surface area (Å²) in [6.07, 6.45) is 0.195. The Hall–Kier alpha value is -1.06. The van der Waals surface area contributed by atoms with Crippen LogP contribution in [0.5, 0.6) is 0 Å². The molecular weight excluding hydrogens is 228 g/mol. The fraction of sp³-hybridized carbons (Fsp3) is 0.417. The van der Waals surface area contributed by atoms with Crippen molar-refractivity contribution in [2.24, 2.45) is 0 Å². The van der Waals surface area contributed by atoms with E-state index in [-0.39, 0.29) is 0 Å². The normalized spacial score (nSPS) is 12.4. The number of carboxylic acid groups (broad SMARTS) is 1. The zero-order valence-electron chi connectivity index (χ0n) is 9.11. The topological polar surface area (TPSA) is 57.5 Å². The maximum atomic E-state index is 10.7. The van der Waals surface area contributed by atoms with E-state index >= 15 is 0 Å². The number of carboxylic acids is 1. The van der Waals surface area contributed by atoms with Gasteiger partial charge in [-0.25, -0.2) is 4.79 Å². The molecule has 0 aliphatic carbocycles. The minimum absolute atomic E-state index is 0.458. The van der Waals surface area contributed by atoms with Gasteiger partial charge in [0, 0.05) is 5.88 Å². The van der Waals surface area contributed by atoms with Gasteiger partial charge >= 0.3 is 5.97 Å². The largest absolute Gasteiger partial charge is 0.479 e. The molecule has 0 aliphatic rings. The number of halogens is 1. The number of alkyl halides is 1. The number of aliphatic hydroxyl groups excluding tert-OH is 1. The first-order valence-corrected chi connectivity index (χ1v) is 5.66. The van der Waals surface area contributed by atoms with Crippen molar-refractivity contribution in [2.45, 2.75) is 25.9 Å². The molecule has 1 atom stereocenters. The molecule has 0 saturated heterocycles. The number of rotatable bonds is 5. The first kappa shape index (κ1) is 13.0. The van der Waals surface area contributed by atoms with Crippen LogP contribution in [0.1, 0.15) is 29.2 Å². The summed E-state index contributed by atoms with van der Waals surface area (Å²) in [6, 6.07) is 5.33. The Balaban J connectivity index is 2.98. The third-order valence-corrected chi connectivity index (χ3v) is 2.86. The molecule has 0 aromatic heterocycles. The van der Waals surface area contributed by atoms with Crippen LogP contribution in [0.15, 0.2) is 18.2 Å². The summed E-state index contributed by atoms with van der Waals surface area (Å²) in [4.78, 5) is 10.7. The zero-order valence-corrected chi connectivity index (χ0v) is 9.87. The molecule has 0 radical (unpaired) electrons. The lowest BCUT2D eigenvalue weighted by Gasteiger charge is -2.13. The smallest absolute Gasteiger partial charge is 0.337 e. The predicted octanol–water partition coefficient (Wildman–Crippen LogP) is 2.28. The molecule has 0 bridgehead atoms. The van der Waals surface area contributed by atoms with Crippen LogP contribution in [-0.2, 0) is 11.2 Å². The minimum atomic E-state index is -1.45. The Morgan fingerprint density at radius 3 is 2.75 bits per heavy atom. The van der Waals surface area contributed by atoms with Crippen LogP contribution in [0.2, 0.25) is 0 Å². The number of aliphatic carboxylic acids is 1. The highest BCUT2D eigenvalue weighted by Gasteiger charge is 2.18. The van der Waals surface area contributed by atoms with E-state index in [4.69, 9.17) is 16.7 Å². The van der Waals surface area contributed by atoms with Gasteiger partial charge in [-0.1, -0.05) is 18.2 Å². The summed E-state index contributed by atoms with van der Waals surface area (Å²) in [5.74, 6) is -0.650. The Morgan fingerprint density at radius 2 is 2.19 bits per heavy atom. The summed E-state index contributed by atoms with van der Waals surface area (Å²) in [5, 5.41) is 18.3. The molecule has 1 aromatic carbocycles. The van der Waals surface area contributed by atoms with Crippen molar-refractivity contribution < 1.29 is 15.0 Å². The standard InChI is InChI=1S/C12H15ClO3/c1-8-9(5-3-7-13)4-2-6-10(8)11(14)12(15)16/h2,4,6,11,14H,3,5,7H2,1H3,(H,15,16). The van der Waals surface area contributed by atoms with Crippen molar-refractivity contribution in [3.8, 4) is 0 Å². The van der Waals surface area contributed by atoms with Crippen LogP contribution >= 0.6 is 11.6 Å². The van der Waals surface area contributed by atoms with Gasteiger partial charge in [0.25, 0.3) is 0 Å². The second kappa shape index (κ2) is 5.87. The second-order valence-corrected chi connectivity index (χ2v) is 4.04. The quantitative estimate of drug-likeness (QED) is 0.779. The van der Waals surface area contributed by atoms with E-state index < -0.39 is 12.1 Å². The SMILES string of the molecule is Cc1c(CCCCl)cccc1C(O)C(=O)O. The summed E-state index contributed by atoms with van der Waals surface area (Å²) in [6.45, 7) is 1.82. The number of hydrogen-bond donors (Lipinski definition) is 2. The molecule has 1 rings (SSSR count). The van der Waals surface area contributed by atoms with E-state index in [1.54, 1.807) is 12.1 Å². The summed E-state index contributed by atoms with van der Waals surface area (Å²) in [5.41, 5.74) is 2.33. The zero-order chi connectivity index (χ0) is 12.1. The Bertz CT molecular complexity index is 377. The van der Waals surface area contributed by atoms with Gasteiger partial charge < -0.3 is 10.2 Å². The fourth-order valence-electron chi connectivity index (χ4n) is 1.66. The Labute approximate surface area is 99.7 Å². The first-order chi connectivity index (χ1) is 7.57. The molecule has 0 saturated carbocycles. The van der Waals surface area contributed by atoms with Crippen LogP contribution in [0.25, 0.3) is 0 Å². The van der Waals surface area contributed by atoms with Gasteiger partial charge in [-0.2, -0.15) is 0 Å². The molecule has 2 N–H and O–H groups in total. The van der Waals surface area contributed by atoms with E-state index in [0.717, 1.165) is 24.0 Å². The minimum Gasteiger partial charge on any atom is -0.479 e. The number of aryl methyl sites for hydroxylation is 1.